The fourth-order valence-electron chi connectivity index (χ4n) is 2.37. The lowest BCUT2D eigenvalue weighted by molar-refractivity contribution is 0.602. The molecule has 2 heterocycles. The van der Waals surface area contributed by atoms with Crippen molar-refractivity contribution in [3.63, 3.8) is 0 Å². The summed E-state index contributed by atoms with van der Waals surface area (Å²) in [6.07, 6.45) is 2.19. The Morgan fingerprint density at radius 1 is 1.22 bits per heavy atom. The van der Waals surface area contributed by atoms with Crippen molar-refractivity contribution >= 4 is 27.3 Å². The minimum Gasteiger partial charge on any atom is -0.366 e. The molecule has 0 spiro atoms. The molecule has 1 aromatic heterocycles. The first-order valence-corrected chi connectivity index (χ1v) is 8.93. The molecule has 23 heavy (non-hydrogen) atoms. The minimum atomic E-state index is -2.93. The van der Waals surface area contributed by atoms with Gasteiger partial charge in [0.25, 0.3) is 0 Å². The zero-order valence-corrected chi connectivity index (χ0v) is 13.0. The number of hydrogen-bond acceptors (Lipinski definition) is 7. The maximum Gasteiger partial charge on any atom is 0.229 e. The van der Waals surface area contributed by atoms with Gasteiger partial charge in [-0.15, -0.1) is 0 Å². The third kappa shape index (κ3) is 3.96. The van der Waals surface area contributed by atoms with Crippen molar-refractivity contribution in [1.29, 1.82) is 5.26 Å². The van der Waals surface area contributed by atoms with Gasteiger partial charge >= 0.3 is 0 Å². The van der Waals surface area contributed by atoms with Gasteiger partial charge in [0.15, 0.2) is 9.84 Å². The molecule has 3 rings (SSSR count). The number of nitriles is 1. The topological polar surface area (TPSA) is 108 Å². The van der Waals surface area contributed by atoms with Crippen molar-refractivity contribution in [2.75, 3.05) is 22.1 Å². The molecule has 7 nitrogen and oxygen atoms in total. The van der Waals surface area contributed by atoms with Crippen LogP contribution in [0, 0.1) is 11.3 Å². The van der Waals surface area contributed by atoms with Gasteiger partial charge in [0.1, 0.15) is 5.82 Å². The first-order chi connectivity index (χ1) is 11.0. The smallest absolute Gasteiger partial charge is 0.229 e. The first kappa shape index (κ1) is 15.2. The van der Waals surface area contributed by atoms with Crippen LogP contribution in [0.25, 0.3) is 0 Å². The number of sulfone groups is 1. The van der Waals surface area contributed by atoms with Gasteiger partial charge in [-0.1, -0.05) is 0 Å². The highest BCUT2D eigenvalue weighted by Gasteiger charge is 2.27. The van der Waals surface area contributed by atoms with Crippen molar-refractivity contribution < 1.29 is 8.42 Å². The first-order valence-electron chi connectivity index (χ1n) is 7.11. The number of anilines is 3. The summed E-state index contributed by atoms with van der Waals surface area (Å²) in [5.74, 6) is 1.33. The molecule has 118 valence electrons. The highest BCUT2D eigenvalue weighted by atomic mass is 32.2. The Labute approximate surface area is 134 Å². The number of nitrogens with one attached hydrogen (secondary N) is 2. The molecule has 8 heteroatoms. The normalized spacial score (nSPS) is 19.0. The molecule has 1 saturated heterocycles. The highest BCUT2D eigenvalue weighted by molar-refractivity contribution is 7.91. The predicted octanol–water partition coefficient (Wildman–Crippen LogP) is 1.69. The average Bonchev–Trinajstić information content (AvgIpc) is 2.87. The molecule has 1 aromatic carbocycles. The van der Waals surface area contributed by atoms with Crippen LogP contribution in [0.1, 0.15) is 12.0 Å². The van der Waals surface area contributed by atoms with E-state index in [4.69, 9.17) is 5.26 Å². The summed E-state index contributed by atoms with van der Waals surface area (Å²) in [4.78, 5) is 8.46. The van der Waals surface area contributed by atoms with E-state index in [9.17, 15) is 8.42 Å². The van der Waals surface area contributed by atoms with E-state index in [1.807, 2.05) is 0 Å². The molecule has 1 atom stereocenters. The molecular formula is C15H15N5O2S. The number of hydrogen-bond donors (Lipinski definition) is 2. The van der Waals surface area contributed by atoms with E-state index < -0.39 is 9.84 Å². The van der Waals surface area contributed by atoms with Crippen LogP contribution in [0.2, 0.25) is 0 Å². The predicted molar refractivity (Wildman–Crippen MR) is 87.2 cm³/mol. The Balaban J connectivity index is 1.68. The molecule has 1 aliphatic heterocycles. The van der Waals surface area contributed by atoms with E-state index in [2.05, 4.69) is 26.7 Å². The Morgan fingerprint density at radius 3 is 2.65 bits per heavy atom. The summed E-state index contributed by atoms with van der Waals surface area (Å²) >= 11 is 0. The zero-order valence-electron chi connectivity index (χ0n) is 12.2. The van der Waals surface area contributed by atoms with Gasteiger partial charge in [0.2, 0.25) is 5.95 Å². The molecule has 0 saturated carbocycles. The summed E-state index contributed by atoms with van der Waals surface area (Å²) < 4.78 is 23.0. The summed E-state index contributed by atoms with van der Waals surface area (Å²) in [6.45, 7) is 0. The van der Waals surface area contributed by atoms with E-state index in [1.165, 1.54) is 0 Å². The quantitative estimate of drug-likeness (QED) is 0.878. The van der Waals surface area contributed by atoms with Crippen molar-refractivity contribution in [3.8, 4) is 6.07 Å². The summed E-state index contributed by atoms with van der Waals surface area (Å²) in [5.41, 5.74) is 1.35. The molecular weight excluding hydrogens is 314 g/mol. The van der Waals surface area contributed by atoms with Crippen LogP contribution in [-0.4, -0.2) is 35.9 Å². The SMILES string of the molecule is N#Cc1ccc(Nc2nccc(NC3CCS(=O)(=O)C3)n2)cc1. The molecule has 0 radical (unpaired) electrons. The Morgan fingerprint density at radius 2 is 2.00 bits per heavy atom. The fraction of sp³-hybridized carbons (Fsp3) is 0.267. The maximum absolute atomic E-state index is 11.5. The molecule has 0 amide bonds. The number of aromatic nitrogens is 2. The molecule has 2 N–H and O–H groups in total. The maximum atomic E-state index is 11.5. The van der Waals surface area contributed by atoms with Gasteiger partial charge < -0.3 is 10.6 Å². The largest absolute Gasteiger partial charge is 0.366 e. The number of benzene rings is 1. The van der Waals surface area contributed by atoms with Gasteiger partial charge in [0.05, 0.1) is 23.1 Å². The van der Waals surface area contributed by atoms with Gasteiger partial charge in [-0.25, -0.2) is 13.4 Å². The van der Waals surface area contributed by atoms with Crippen molar-refractivity contribution in [2.24, 2.45) is 0 Å². The summed E-state index contributed by atoms with van der Waals surface area (Å²) in [7, 11) is -2.93. The number of rotatable bonds is 4. The van der Waals surface area contributed by atoms with E-state index in [0.29, 0.717) is 23.8 Å². The van der Waals surface area contributed by atoms with Crippen LogP contribution in [0.3, 0.4) is 0 Å². The van der Waals surface area contributed by atoms with Gasteiger partial charge in [-0.3, -0.25) is 0 Å². The third-order valence-corrected chi connectivity index (χ3v) is 5.28. The Hall–Kier alpha value is -2.66. The van der Waals surface area contributed by atoms with Crippen LogP contribution >= 0.6 is 0 Å². The second-order valence-electron chi connectivity index (χ2n) is 5.32. The van der Waals surface area contributed by atoms with Gasteiger partial charge in [-0.2, -0.15) is 10.2 Å². The molecule has 1 fully saturated rings. The lowest BCUT2D eigenvalue weighted by Gasteiger charge is -2.12. The molecule has 1 unspecified atom stereocenters. The van der Waals surface area contributed by atoms with Crippen LogP contribution < -0.4 is 10.6 Å². The van der Waals surface area contributed by atoms with Crippen molar-refractivity contribution in [3.05, 3.63) is 42.1 Å². The molecule has 1 aliphatic rings. The molecule has 2 aromatic rings. The lowest BCUT2D eigenvalue weighted by atomic mass is 10.2. The number of nitrogens with zero attached hydrogens (tertiary/aromatic N) is 3. The van der Waals surface area contributed by atoms with Gasteiger partial charge in [-0.05, 0) is 36.8 Å². The van der Waals surface area contributed by atoms with E-state index in [-0.39, 0.29) is 17.5 Å². The van der Waals surface area contributed by atoms with E-state index in [1.54, 1.807) is 36.5 Å². The average molecular weight is 329 g/mol. The zero-order chi connectivity index (χ0) is 16.3. The lowest BCUT2D eigenvalue weighted by Crippen LogP contribution is -2.21. The molecule has 0 bridgehead atoms. The highest BCUT2D eigenvalue weighted by Crippen LogP contribution is 2.18. The van der Waals surface area contributed by atoms with E-state index >= 15 is 0 Å². The van der Waals surface area contributed by atoms with Crippen molar-refractivity contribution in [1.82, 2.24) is 9.97 Å². The van der Waals surface area contributed by atoms with Crippen LogP contribution in [0.15, 0.2) is 36.5 Å². The Kier molecular flexibility index (Phi) is 4.12. The second-order valence-corrected chi connectivity index (χ2v) is 7.55. The Bertz CT molecular complexity index is 843. The van der Waals surface area contributed by atoms with E-state index in [0.717, 1.165) is 5.69 Å². The van der Waals surface area contributed by atoms with Crippen LogP contribution in [0.5, 0.6) is 0 Å². The fourth-order valence-corrected chi connectivity index (χ4v) is 4.05. The van der Waals surface area contributed by atoms with Crippen LogP contribution in [-0.2, 0) is 9.84 Å². The summed E-state index contributed by atoms with van der Waals surface area (Å²) in [5, 5.41) is 15.0. The molecule has 0 aliphatic carbocycles. The monoisotopic (exact) mass is 329 g/mol. The standard InChI is InChI=1S/C15H15N5O2S/c16-9-11-1-3-12(4-2-11)19-15-17-7-5-14(20-15)18-13-6-8-23(21,22)10-13/h1-5,7,13H,6,8,10H2,(H2,17,18,19,20). The third-order valence-electron chi connectivity index (χ3n) is 3.51. The minimum absolute atomic E-state index is 0.113. The van der Waals surface area contributed by atoms with Gasteiger partial charge in [0, 0.05) is 17.9 Å². The van der Waals surface area contributed by atoms with Crippen LogP contribution in [0.4, 0.5) is 17.5 Å². The summed E-state index contributed by atoms with van der Waals surface area (Å²) in [6, 6.07) is 10.6. The van der Waals surface area contributed by atoms with Crippen molar-refractivity contribution in [2.45, 2.75) is 12.5 Å². The second kappa shape index (κ2) is 6.22.